The zero-order chi connectivity index (χ0) is 8.49. The molecule has 2 aliphatic rings. The Kier molecular flexibility index (Phi) is 6.19. The van der Waals surface area contributed by atoms with Crippen molar-refractivity contribution in [1.82, 2.24) is 0 Å². The average Bonchev–Trinajstić information content (AvgIpc) is 2.54. The molecule has 0 N–H and O–H groups in total. The van der Waals surface area contributed by atoms with Gasteiger partial charge in [0, 0.05) is 13.2 Å². The Labute approximate surface area is 72.7 Å². The molecule has 0 unspecified atom stereocenters. The molecule has 2 aliphatic heterocycles. The summed E-state index contributed by atoms with van der Waals surface area (Å²) in [5, 5.41) is 0. The van der Waals surface area contributed by atoms with E-state index >= 15 is 0 Å². The van der Waals surface area contributed by atoms with Crippen LogP contribution in [0.15, 0.2) is 0 Å². The van der Waals surface area contributed by atoms with Gasteiger partial charge in [0.1, 0.15) is 13.6 Å². The van der Waals surface area contributed by atoms with Gasteiger partial charge < -0.3 is 18.9 Å². The topological polar surface area (TPSA) is 36.9 Å². The Hall–Kier alpha value is -0.160. The van der Waals surface area contributed by atoms with Crippen molar-refractivity contribution in [2.45, 2.75) is 12.8 Å². The first-order chi connectivity index (χ1) is 6.00. The summed E-state index contributed by atoms with van der Waals surface area (Å²) in [6, 6.07) is 0. The molecule has 0 radical (unpaired) electrons. The van der Waals surface area contributed by atoms with E-state index in [1.54, 1.807) is 0 Å². The maximum absolute atomic E-state index is 4.97. The maximum atomic E-state index is 4.97. The van der Waals surface area contributed by atoms with Crippen LogP contribution < -0.4 is 0 Å². The fraction of sp³-hybridized carbons (Fsp3) is 1.00. The normalized spacial score (nSPS) is 24.0. The van der Waals surface area contributed by atoms with Crippen LogP contribution in [-0.4, -0.2) is 40.0 Å². The molecular weight excluding hydrogens is 160 g/mol. The molecule has 0 aromatic rings. The molecule has 0 amide bonds. The number of ether oxygens (including phenoxy) is 4. The molecule has 0 bridgehead atoms. The van der Waals surface area contributed by atoms with Crippen LogP contribution >= 0.6 is 0 Å². The van der Waals surface area contributed by atoms with Crippen molar-refractivity contribution in [3.05, 3.63) is 0 Å². The van der Waals surface area contributed by atoms with Gasteiger partial charge in [-0.15, -0.1) is 0 Å². The molecule has 0 aromatic carbocycles. The molecule has 4 heteroatoms. The second-order valence-electron chi connectivity index (χ2n) is 2.58. The number of rotatable bonds is 0. The molecule has 12 heavy (non-hydrogen) atoms. The zero-order valence-corrected chi connectivity index (χ0v) is 7.29. The Bertz CT molecular complexity index is 65.8. The van der Waals surface area contributed by atoms with E-state index in [1.165, 1.54) is 0 Å². The third-order valence-corrected chi connectivity index (χ3v) is 1.53. The first kappa shape index (κ1) is 9.92. The summed E-state index contributed by atoms with van der Waals surface area (Å²) in [7, 11) is 0. The van der Waals surface area contributed by atoms with Crippen LogP contribution in [0.4, 0.5) is 0 Å². The Balaban J connectivity index is 0.000000127. The minimum absolute atomic E-state index is 0.500. The quantitative estimate of drug-likeness (QED) is 0.546. The molecule has 0 aliphatic carbocycles. The van der Waals surface area contributed by atoms with Gasteiger partial charge >= 0.3 is 0 Å². The van der Waals surface area contributed by atoms with E-state index in [0.717, 1.165) is 39.3 Å². The molecule has 72 valence electrons. The highest BCUT2D eigenvalue weighted by Crippen LogP contribution is 1.96. The molecule has 0 aromatic heterocycles. The summed E-state index contributed by atoms with van der Waals surface area (Å²) < 4.78 is 19.4. The van der Waals surface area contributed by atoms with E-state index in [9.17, 15) is 0 Å². The Morgan fingerprint density at radius 2 is 0.917 bits per heavy atom. The molecule has 2 fully saturated rings. The zero-order valence-electron chi connectivity index (χ0n) is 7.29. The van der Waals surface area contributed by atoms with Crippen LogP contribution in [0.1, 0.15) is 12.8 Å². The smallest absolute Gasteiger partial charge is 0.146 e. The van der Waals surface area contributed by atoms with E-state index < -0.39 is 0 Å². The van der Waals surface area contributed by atoms with Crippen molar-refractivity contribution in [3.63, 3.8) is 0 Å². The van der Waals surface area contributed by atoms with E-state index in [4.69, 9.17) is 18.9 Å². The van der Waals surface area contributed by atoms with Crippen molar-refractivity contribution in [3.8, 4) is 0 Å². The lowest BCUT2D eigenvalue weighted by molar-refractivity contribution is -0.0318. The molecule has 2 heterocycles. The highest BCUT2D eigenvalue weighted by Gasteiger charge is 1.94. The van der Waals surface area contributed by atoms with E-state index in [0.29, 0.717) is 13.6 Å². The Morgan fingerprint density at radius 3 is 1.33 bits per heavy atom. The van der Waals surface area contributed by atoms with Gasteiger partial charge in [-0.2, -0.15) is 0 Å². The van der Waals surface area contributed by atoms with Gasteiger partial charge in [-0.3, -0.25) is 0 Å². The largest absolute Gasteiger partial charge is 0.355 e. The Morgan fingerprint density at radius 1 is 0.500 bits per heavy atom. The summed E-state index contributed by atoms with van der Waals surface area (Å²) in [4.78, 5) is 0. The van der Waals surface area contributed by atoms with Crippen molar-refractivity contribution in [2.24, 2.45) is 0 Å². The third-order valence-electron chi connectivity index (χ3n) is 1.53. The molecular formula is C8H16O4. The first-order valence-electron chi connectivity index (χ1n) is 4.31. The SMILES string of the molecule is C1CCOCOC1.C1COCO1. The molecule has 2 rings (SSSR count). The summed E-state index contributed by atoms with van der Waals surface area (Å²) in [6.07, 6.45) is 2.31. The van der Waals surface area contributed by atoms with Crippen molar-refractivity contribution >= 4 is 0 Å². The third kappa shape index (κ3) is 5.49. The van der Waals surface area contributed by atoms with Crippen LogP contribution in [0.2, 0.25) is 0 Å². The van der Waals surface area contributed by atoms with Gasteiger partial charge in [0.2, 0.25) is 0 Å². The van der Waals surface area contributed by atoms with Gasteiger partial charge in [-0.1, -0.05) is 0 Å². The highest BCUT2D eigenvalue weighted by molar-refractivity contribution is 4.38. The van der Waals surface area contributed by atoms with E-state index in [-0.39, 0.29) is 0 Å². The van der Waals surface area contributed by atoms with Crippen LogP contribution in [0.5, 0.6) is 0 Å². The van der Waals surface area contributed by atoms with Crippen LogP contribution in [0, 0.1) is 0 Å². The second-order valence-corrected chi connectivity index (χ2v) is 2.58. The molecule has 0 saturated carbocycles. The predicted octanol–water partition coefficient (Wildman–Crippen LogP) is 0.762. The fourth-order valence-electron chi connectivity index (χ4n) is 0.880. The summed E-state index contributed by atoms with van der Waals surface area (Å²) >= 11 is 0. The summed E-state index contributed by atoms with van der Waals surface area (Å²) in [6.45, 7) is 4.31. The van der Waals surface area contributed by atoms with Crippen molar-refractivity contribution in [1.29, 1.82) is 0 Å². The van der Waals surface area contributed by atoms with E-state index in [2.05, 4.69) is 0 Å². The lowest BCUT2D eigenvalue weighted by Gasteiger charge is -1.93. The predicted molar refractivity (Wildman–Crippen MR) is 42.8 cm³/mol. The van der Waals surface area contributed by atoms with Crippen molar-refractivity contribution < 1.29 is 18.9 Å². The second kappa shape index (κ2) is 7.49. The van der Waals surface area contributed by atoms with Gasteiger partial charge in [-0.25, -0.2) is 0 Å². The standard InChI is InChI=1S/C5H10O2.C3H6O2/c1-2-4-7-5-6-3-1;1-2-5-3-4-1/h1-5H2;1-3H2. The minimum atomic E-state index is 0.500. The summed E-state index contributed by atoms with van der Waals surface area (Å²) in [5.74, 6) is 0. The van der Waals surface area contributed by atoms with Crippen molar-refractivity contribution in [2.75, 3.05) is 40.0 Å². The first-order valence-corrected chi connectivity index (χ1v) is 4.31. The average molecular weight is 176 g/mol. The minimum Gasteiger partial charge on any atom is -0.355 e. The molecule has 4 nitrogen and oxygen atoms in total. The van der Waals surface area contributed by atoms with Crippen LogP contribution in [-0.2, 0) is 18.9 Å². The van der Waals surface area contributed by atoms with E-state index in [1.807, 2.05) is 0 Å². The lowest BCUT2D eigenvalue weighted by atomic mass is 10.3. The van der Waals surface area contributed by atoms with Crippen LogP contribution in [0.3, 0.4) is 0 Å². The number of hydrogen-bond acceptors (Lipinski definition) is 4. The van der Waals surface area contributed by atoms with Crippen LogP contribution in [0.25, 0.3) is 0 Å². The lowest BCUT2D eigenvalue weighted by Crippen LogP contribution is -1.93. The highest BCUT2D eigenvalue weighted by atomic mass is 16.7. The monoisotopic (exact) mass is 176 g/mol. The van der Waals surface area contributed by atoms with Gasteiger partial charge in [-0.05, 0) is 12.8 Å². The fourth-order valence-corrected chi connectivity index (χ4v) is 0.880. The van der Waals surface area contributed by atoms with Gasteiger partial charge in [0.05, 0.1) is 13.2 Å². The molecule has 0 atom stereocenters. The maximum Gasteiger partial charge on any atom is 0.146 e. The molecule has 0 spiro atoms. The number of hydrogen-bond donors (Lipinski definition) is 0. The van der Waals surface area contributed by atoms with Gasteiger partial charge in [0.15, 0.2) is 0 Å². The summed E-state index contributed by atoms with van der Waals surface area (Å²) in [5.41, 5.74) is 0. The van der Waals surface area contributed by atoms with Gasteiger partial charge in [0.25, 0.3) is 0 Å². The molecule has 2 saturated heterocycles.